The van der Waals surface area contributed by atoms with E-state index in [0.717, 1.165) is 37.4 Å². The Morgan fingerprint density at radius 3 is 2.14 bits per heavy atom. The van der Waals surface area contributed by atoms with Crippen molar-refractivity contribution in [3.8, 4) is 11.4 Å². The standard InChI is InChI=1S/C28H37N5O2/c1-19(2)23-7-6-8-24(20(3)4)27(23)29-25(34)17-32-13-15-33(16-14-32)18-26-30-28(31-35-26)22-11-9-21(5)10-12-22/h6-12,19-20H,13-18H2,1-5H3,(H,29,34). The summed E-state index contributed by atoms with van der Waals surface area (Å²) in [5, 5.41) is 7.37. The van der Waals surface area contributed by atoms with E-state index in [1.165, 1.54) is 16.7 Å². The molecule has 0 saturated carbocycles. The Morgan fingerprint density at radius 1 is 0.943 bits per heavy atom. The minimum Gasteiger partial charge on any atom is -0.338 e. The number of carbonyl (C=O) groups excluding carboxylic acids is 1. The van der Waals surface area contributed by atoms with Crippen LogP contribution in [0.1, 0.15) is 62.1 Å². The number of hydrogen-bond acceptors (Lipinski definition) is 6. The van der Waals surface area contributed by atoms with Gasteiger partial charge in [-0.2, -0.15) is 4.98 Å². The molecule has 3 aromatic rings. The van der Waals surface area contributed by atoms with Crippen LogP contribution in [0.3, 0.4) is 0 Å². The quantitative estimate of drug-likeness (QED) is 0.492. The van der Waals surface area contributed by atoms with Crippen molar-refractivity contribution in [3.63, 3.8) is 0 Å². The normalized spacial score (nSPS) is 15.2. The van der Waals surface area contributed by atoms with E-state index >= 15 is 0 Å². The topological polar surface area (TPSA) is 74.5 Å². The number of nitrogens with zero attached hydrogens (tertiary/aromatic N) is 4. The van der Waals surface area contributed by atoms with E-state index in [4.69, 9.17) is 4.52 Å². The minimum atomic E-state index is 0.0492. The molecule has 0 unspecified atom stereocenters. The van der Waals surface area contributed by atoms with Crippen LogP contribution in [0.5, 0.6) is 0 Å². The van der Waals surface area contributed by atoms with E-state index in [-0.39, 0.29) is 5.91 Å². The molecule has 1 N–H and O–H groups in total. The van der Waals surface area contributed by atoms with Crippen molar-refractivity contribution in [2.24, 2.45) is 0 Å². The number of aromatic nitrogens is 2. The molecule has 7 heteroatoms. The van der Waals surface area contributed by atoms with Gasteiger partial charge in [0.2, 0.25) is 17.6 Å². The van der Waals surface area contributed by atoms with Gasteiger partial charge in [0.05, 0.1) is 13.1 Å². The molecule has 2 heterocycles. The lowest BCUT2D eigenvalue weighted by Gasteiger charge is -2.33. The van der Waals surface area contributed by atoms with Crippen molar-refractivity contribution in [1.82, 2.24) is 19.9 Å². The molecule has 1 amide bonds. The maximum Gasteiger partial charge on any atom is 0.241 e. The van der Waals surface area contributed by atoms with Gasteiger partial charge in [-0.15, -0.1) is 0 Å². The van der Waals surface area contributed by atoms with Gasteiger partial charge in [-0.1, -0.05) is 80.9 Å². The second-order valence-electron chi connectivity index (χ2n) is 10.1. The molecule has 0 aliphatic carbocycles. The van der Waals surface area contributed by atoms with E-state index < -0.39 is 0 Å². The number of anilines is 1. The second-order valence-corrected chi connectivity index (χ2v) is 10.1. The molecular formula is C28H37N5O2. The summed E-state index contributed by atoms with van der Waals surface area (Å²) in [6.07, 6.45) is 0. The van der Waals surface area contributed by atoms with Crippen molar-refractivity contribution in [3.05, 3.63) is 65.0 Å². The first-order valence-electron chi connectivity index (χ1n) is 12.6. The van der Waals surface area contributed by atoms with E-state index in [9.17, 15) is 4.79 Å². The average molecular weight is 476 g/mol. The van der Waals surface area contributed by atoms with Crippen molar-refractivity contribution in [1.29, 1.82) is 0 Å². The SMILES string of the molecule is Cc1ccc(-c2noc(CN3CCN(CC(=O)Nc4c(C(C)C)cccc4C(C)C)CC3)n2)cc1. The molecule has 1 aliphatic rings. The molecule has 1 aromatic heterocycles. The van der Waals surface area contributed by atoms with Gasteiger partial charge >= 0.3 is 0 Å². The lowest BCUT2D eigenvalue weighted by atomic mass is 9.92. The van der Waals surface area contributed by atoms with Crippen LogP contribution >= 0.6 is 0 Å². The number of piperazine rings is 1. The lowest BCUT2D eigenvalue weighted by molar-refractivity contribution is -0.117. The molecule has 7 nitrogen and oxygen atoms in total. The maximum absolute atomic E-state index is 13.0. The third-order valence-electron chi connectivity index (χ3n) is 6.61. The van der Waals surface area contributed by atoms with Crippen LogP contribution in [0, 0.1) is 6.92 Å². The minimum absolute atomic E-state index is 0.0492. The summed E-state index contributed by atoms with van der Waals surface area (Å²) in [4.78, 5) is 22.0. The number of carbonyl (C=O) groups is 1. The first kappa shape index (κ1) is 25.1. The number of rotatable bonds is 8. The highest BCUT2D eigenvalue weighted by molar-refractivity contribution is 5.94. The molecule has 2 aromatic carbocycles. The molecule has 0 radical (unpaired) electrons. The number of nitrogens with one attached hydrogen (secondary N) is 1. The Labute approximate surface area is 208 Å². The molecule has 1 fully saturated rings. The maximum atomic E-state index is 13.0. The number of amides is 1. The summed E-state index contributed by atoms with van der Waals surface area (Å²) < 4.78 is 5.49. The van der Waals surface area contributed by atoms with Crippen LogP contribution in [-0.2, 0) is 11.3 Å². The van der Waals surface area contributed by atoms with Gasteiger partial charge in [0.15, 0.2) is 0 Å². The summed E-state index contributed by atoms with van der Waals surface area (Å²) >= 11 is 0. The van der Waals surface area contributed by atoms with Gasteiger partial charge < -0.3 is 9.84 Å². The third kappa shape index (κ3) is 6.35. The number of para-hydroxylation sites is 1. The first-order valence-corrected chi connectivity index (χ1v) is 12.6. The van der Waals surface area contributed by atoms with Gasteiger partial charge in [0.25, 0.3) is 0 Å². The fourth-order valence-electron chi connectivity index (χ4n) is 4.51. The number of hydrogen-bond donors (Lipinski definition) is 1. The average Bonchev–Trinajstić information content (AvgIpc) is 3.29. The van der Waals surface area contributed by atoms with Gasteiger partial charge in [0.1, 0.15) is 0 Å². The highest BCUT2D eigenvalue weighted by atomic mass is 16.5. The van der Waals surface area contributed by atoms with Crippen molar-refractivity contribution in [2.45, 2.75) is 53.0 Å². The fraction of sp³-hybridized carbons (Fsp3) is 0.464. The van der Waals surface area contributed by atoms with Crippen molar-refractivity contribution >= 4 is 11.6 Å². The Hall–Kier alpha value is -3.03. The summed E-state index contributed by atoms with van der Waals surface area (Å²) in [6, 6.07) is 14.4. The predicted octanol–water partition coefficient (Wildman–Crippen LogP) is 5.05. The zero-order valence-electron chi connectivity index (χ0n) is 21.5. The van der Waals surface area contributed by atoms with Gasteiger partial charge in [-0.25, -0.2) is 0 Å². The number of benzene rings is 2. The molecule has 186 valence electrons. The third-order valence-corrected chi connectivity index (χ3v) is 6.61. The predicted molar refractivity (Wildman–Crippen MR) is 139 cm³/mol. The lowest BCUT2D eigenvalue weighted by Crippen LogP contribution is -2.48. The van der Waals surface area contributed by atoms with Crippen LogP contribution in [-0.4, -0.2) is 58.6 Å². The summed E-state index contributed by atoms with van der Waals surface area (Å²) in [7, 11) is 0. The molecule has 0 spiro atoms. The summed E-state index contributed by atoms with van der Waals surface area (Å²) in [5.74, 6) is 2.00. The first-order chi connectivity index (χ1) is 16.8. The van der Waals surface area contributed by atoms with Gasteiger partial charge in [0, 0.05) is 37.4 Å². The molecule has 35 heavy (non-hydrogen) atoms. The van der Waals surface area contributed by atoms with Crippen molar-refractivity contribution in [2.75, 3.05) is 38.0 Å². The molecule has 1 aliphatic heterocycles. The van der Waals surface area contributed by atoms with Crippen LogP contribution in [0.25, 0.3) is 11.4 Å². The Balaban J connectivity index is 1.29. The highest BCUT2D eigenvalue weighted by Gasteiger charge is 2.22. The molecule has 1 saturated heterocycles. The molecular weight excluding hydrogens is 438 g/mol. The van der Waals surface area contributed by atoms with E-state index in [0.29, 0.717) is 36.6 Å². The van der Waals surface area contributed by atoms with Gasteiger partial charge in [-0.3, -0.25) is 14.6 Å². The summed E-state index contributed by atoms with van der Waals surface area (Å²) in [6.45, 7) is 15.1. The smallest absolute Gasteiger partial charge is 0.241 e. The van der Waals surface area contributed by atoms with Crippen molar-refractivity contribution < 1.29 is 9.32 Å². The largest absolute Gasteiger partial charge is 0.338 e. The Morgan fingerprint density at radius 2 is 1.54 bits per heavy atom. The summed E-state index contributed by atoms with van der Waals surface area (Å²) in [5.41, 5.74) is 5.54. The monoisotopic (exact) mass is 475 g/mol. The van der Waals surface area contributed by atoms with E-state index in [1.54, 1.807) is 0 Å². The molecule has 4 rings (SSSR count). The Kier molecular flexibility index (Phi) is 7.98. The number of aryl methyl sites for hydroxylation is 1. The highest BCUT2D eigenvalue weighted by Crippen LogP contribution is 2.32. The molecule has 0 bridgehead atoms. The zero-order valence-corrected chi connectivity index (χ0v) is 21.5. The Bertz CT molecular complexity index is 1100. The van der Waals surface area contributed by atoms with Gasteiger partial charge in [-0.05, 0) is 29.9 Å². The van der Waals surface area contributed by atoms with Crippen LogP contribution < -0.4 is 5.32 Å². The van der Waals surface area contributed by atoms with Crippen LogP contribution in [0.4, 0.5) is 5.69 Å². The molecule has 0 atom stereocenters. The van der Waals surface area contributed by atoms with Crippen LogP contribution in [0.2, 0.25) is 0 Å². The zero-order chi connectivity index (χ0) is 24.9. The van der Waals surface area contributed by atoms with E-state index in [1.807, 2.05) is 24.3 Å². The second kappa shape index (κ2) is 11.1. The van der Waals surface area contributed by atoms with E-state index in [2.05, 4.69) is 78.1 Å². The fourth-order valence-corrected chi connectivity index (χ4v) is 4.51. The van der Waals surface area contributed by atoms with Crippen LogP contribution in [0.15, 0.2) is 47.0 Å².